The summed E-state index contributed by atoms with van der Waals surface area (Å²) in [6.45, 7) is 7.91. The van der Waals surface area contributed by atoms with Crippen molar-refractivity contribution in [2.24, 2.45) is 11.7 Å². The van der Waals surface area contributed by atoms with Gasteiger partial charge in [0.2, 0.25) is 5.91 Å². The highest BCUT2D eigenvalue weighted by Gasteiger charge is 2.25. The smallest absolute Gasteiger partial charge is 0.224 e. The van der Waals surface area contributed by atoms with Crippen molar-refractivity contribution in [3.63, 3.8) is 0 Å². The quantitative estimate of drug-likeness (QED) is 0.798. The highest BCUT2D eigenvalue weighted by atomic mass is 16.2. The molecule has 0 aromatic carbocycles. The first kappa shape index (κ1) is 13.5. The van der Waals surface area contributed by atoms with E-state index in [1.165, 1.54) is 25.7 Å². The lowest BCUT2D eigenvalue weighted by molar-refractivity contribution is -0.133. The van der Waals surface area contributed by atoms with E-state index in [-0.39, 0.29) is 11.4 Å². The molecule has 1 aliphatic rings. The van der Waals surface area contributed by atoms with Crippen LogP contribution < -0.4 is 5.73 Å². The Labute approximate surface area is 99.4 Å². The summed E-state index contributed by atoms with van der Waals surface area (Å²) in [7, 11) is 0. The SMILES string of the molecule is CCCC1CCN(C(=O)CC(C)(C)N)CC1. The molecule has 0 bridgehead atoms. The third-order valence-corrected chi connectivity index (χ3v) is 3.27. The van der Waals surface area contributed by atoms with Crippen LogP contribution in [0.5, 0.6) is 0 Å². The van der Waals surface area contributed by atoms with Gasteiger partial charge in [-0.3, -0.25) is 4.79 Å². The molecule has 1 rings (SSSR count). The monoisotopic (exact) mass is 226 g/mol. The molecule has 1 fully saturated rings. The van der Waals surface area contributed by atoms with Crippen molar-refractivity contribution in [1.29, 1.82) is 0 Å². The molecule has 3 nitrogen and oxygen atoms in total. The van der Waals surface area contributed by atoms with Crippen LogP contribution in [0, 0.1) is 5.92 Å². The fourth-order valence-corrected chi connectivity index (χ4v) is 2.38. The number of nitrogens with zero attached hydrogens (tertiary/aromatic N) is 1. The van der Waals surface area contributed by atoms with Crippen LogP contribution in [0.3, 0.4) is 0 Å². The maximum atomic E-state index is 11.9. The van der Waals surface area contributed by atoms with Gasteiger partial charge in [0.25, 0.3) is 0 Å². The predicted molar refractivity (Wildman–Crippen MR) is 67.1 cm³/mol. The number of likely N-dealkylation sites (tertiary alicyclic amines) is 1. The Balaban J connectivity index is 2.33. The fraction of sp³-hybridized carbons (Fsp3) is 0.923. The topological polar surface area (TPSA) is 46.3 Å². The van der Waals surface area contributed by atoms with Crippen LogP contribution in [-0.4, -0.2) is 29.4 Å². The normalized spacial score (nSPS) is 18.9. The second-order valence-corrected chi connectivity index (χ2v) is 5.78. The Bertz CT molecular complexity index is 225. The lowest BCUT2D eigenvalue weighted by atomic mass is 9.92. The number of carbonyl (C=O) groups is 1. The summed E-state index contributed by atoms with van der Waals surface area (Å²) in [6, 6.07) is 0. The van der Waals surface area contributed by atoms with Gasteiger partial charge in [-0.05, 0) is 32.6 Å². The molecule has 94 valence electrons. The zero-order valence-electron chi connectivity index (χ0n) is 11.0. The van der Waals surface area contributed by atoms with E-state index in [0.717, 1.165) is 19.0 Å². The molecule has 0 aromatic rings. The largest absolute Gasteiger partial charge is 0.343 e. The fourth-order valence-electron chi connectivity index (χ4n) is 2.38. The second-order valence-electron chi connectivity index (χ2n) is 5.78. The van der Waals surface area contributed by atoms with Crippen LogP contribution in [0.2, 0.25) is 0 Å². The first-order valence-corrected chi connectivity index (χ1v) is 6.49. The van der Waals surface area contributed by atoms with Gasteiger partial charge < -0.3 is 10.6 Å². The highest BCUT2D eigenvalue weighted by Crippen LogP contribution is 2.22. The molecule has 1 amide bonds. The Morgan fingerprint density at radius 2 is 1.94 bits per heavy atom. The van der Waals surface area contributed by atoms with E-state index < -0.39 is 0 Å². The molecule has 0 unspecified atom stereocenters. The van der Waals surface area contributed by atoms with Gasteiger partial charge >= 0.3 is 0 Å². The van der Waals surface area contributed by atoms with Gasteiger partial charge in [-0.2, -0.15) is 0 Å². The van der Waals surface area contributed by atoms with Crippen LogP contribution >= 0.6 is 0 Å². The van der Waals surface area contributed by atoms with Gasteiger partial charge in [0, 0.05) is 25.0 Å². The standard InChI is InChI=1S/C13H26N2O/c1-4-5-11-6-8-15(9-7-11)12(16)10-13(2,3)14/h11H,4-10,14H2,1-3H3. The summed E-state index contributed by atoms with van der Waals surface area (Å²) < 4.78 is 0. The predicted octanol–water partition coefficient (Wildman–Crippen LogP) is 2.15. The molecule has 0 atom stereocenters. The molecule has 1 heterocycles. The number of hydrogen-bond donors (Lipinski definition) is 1. The highest BCUT2D eigenvalue weighted by molar-refractivity contribution is 5.77. The maximum Gasteiger partial charge on any atom is 0.224 e. The first-order chi connectivity index (χ1) is 7.42. The van der Waals surface area contributed by atoms with Crippen LogP contribution in [0.15, 0.2) is 0 Å². The van der Waals surface area contributed by atoms with Crippen molar-refractivity contribution in [3.05, 3.63) is 0 Å². The van der Waals surface area contributed by atoms with E-state index in [9.17, 15) is 4.79 Å². The van der Waals surface area contributed by atoms with E-state index in [1.54, 1.807) is 0 Å². The molecule has 0 aliphatic carbocycles. The lowest BCUT2D eigenvalue weighted by Gasteiger charge is -2.33. The van der Waals surface area contributed by atoms with Crippen molar-refractivity contribution in [2.75, 3.05) is 13.1 Å². The average molecular weight is 226 g/mol. The number of amides is 1. The van der Waals surface area contributed by atoms with Crippen LogP contribution in [0.25, 0.3) is 0 Å². The van der Waals surface area contributed by atoms with E-state index in [2.05, 4.69) is 6.92 Å². The zero-order chi connectivity index (χ0) is 12.2. The van der Waals surface area contributed by atoms with E-state index >= 15 is 0 Å². The molecule has 3 heteroatoms. The summed E-state index contributed by atoms with van der Waals surface area (Å²) >= 11 is 0. The Morgan fingerprint density at radius 3 is 2.38 bits per heavy atom. The van der Waals surface area contributed by atoms with Gasteiger partial charge in [-0.25, -0.2) is 0 Å². The van der Waals surface area contributed by atoms with Crippen molar-refractivity contribution in [3.8, 4) is 0 Å². The van der Waals surface area contributed by atoms with E-state index in [1.807, 2.05) is 18.7 Å². The molecule has 2 N–H and O–H groups in total. The Morgan fingerprint density at radius 1 is 1.38 bits per heavy atom. The molecular formula is C13H26N2O. The van der Waals surface area contributed by atoms with Crippen LogP contribution in [0.1, 0.15) is 52.9 Å². The number of piperidine rings is 1. The van der Waals surface area contributed by atoms with E-state index in [0.29, 0.717) is 6.42 Å². The third-order valence-electron chi connectivity index (χ3n) is 3.27. The van der Waals surface area contributed by atoms with Gasteiger partial charge in [0.15, 0.2) is 0 Å². The minimum absolute atomic E-state index is 0.224. The average Bonchev–Trinajstić information content (AvgIpc) is 2.16. The summed E-state index contributed by atoms with van der Waals surface area (Å²) in [5.74, 6) is 1.06. The Kier molecular flexibility index (Phi) is 4.78. The first-order valence-electron chi connectivity index (χ1n) is 6.49. The summed E-state index contributed by atoms with van der Waals surface area (Å²) in [4.78, 5) is 13.9. The summed E-state index contributed by atoms with van der Waals surface area (Å²) in [5, 5.41) is 0. The maximum absolute atomic E-state index is 11.9. The molecule has 0 radical (unpaired) electrons. The third kappa shape index (κ3) is 4.52. The number of hydrogen-bond acceptors (Lipinski definition) is 2. The zero-order valence-corrected chi connectivity index (χ0v) is 11.0. The summed E-state index contributed by atoms with van der Waals surface area (Å²) in [6.07, 6.45) is 5.37. The lowest BCUT2D eigenvalue weighted by Crippen LogP contribution is -2.44. The van der Waals surface area contributed by atoms with Crippen molar-refractivity contribution >= 4 is 5.91 Å². The minimum Gasteiger partial charge on any atom is -0.343 e. The minimum atomic E-state index is -0.378. The second kappa shape index (κ2) is 5.67. The summed E-state index contributed by atoms with van der Waals surface area (Å²) in [5.41, 5.74) is 5.49. The van der Waals surface area contributed by atoms with Crippen molar-refractivity contribution in [1.82, 2.24) is 4.90 Å². The number of rotatable bonds is 4. The van der Waals surface area contributed by atoms with Crippen LogP contribution in [-0.2, 0) is 4.79 Å². The van der Waals surface area contributed by atoms with Gasteiger partial charge in [-0.1, -0.05) is 19.8 Å². The molecular weight excluding hydrogens is 200 g/mol. The molecule has 0 saturated carbocycles. The number of nitrogens with two attached hydrogens (primary N) is 1. The number of carbonyl (C=O) groups excluding carboxylic acids is 1. The van der Waals surface area contributed by atoms with Crippen molar-refractivity contribution < 1.29 is 4.79 Å². The molecule has 1 saturated heterocycles. The van der Waals surface area contributed by atoms with Crippen LogP contribution in [0.4, 0.5) is 0 Å². The van der Waals surface area contributed by atoms with Gasteiger partial charge in [0.05, 0.1) is 0 Å². The molecule has 1 aliphatic heterocycles. The Hall–Kier alpha value is -0.570. The van der Waals surface area contributed by atoms with E-state index in [4.69, 9.17) is 5.73 Å². The van der Waals surface area contributed by atoms with Crippen molar-refractivity contribution in [2.45, 2.75) is 58.4 Å². The molecule has 0 aromatic heterocycles. The molecule has 16 heavy (non-hydrogen) atoms. The molecule has 0 spiro atoms. The van der Waals surface area contributed by atoms with Gasteiger partial charge in [0.1, 0.15) is 0 Å². The van der Waals surface area contributed by atoms with Gasteiger partial charge in [-0.15, -0.1) is 0 Å².